The van der Waals surface area contributed by atoms with Crippen LogP contribution in [0.15, 0.2) is 23.2 Å². The monoisotopic (exact) mass is 390 g/mol. The Morgan fingerprint density at radius 2 is 1.93 bits per heavy atom. The van der Waals surface area contributed by atoms with E-state index in [2.05, 4.69) is 49.3 Å². The molecule has 1 atom stereocenters. The lowest BCUT2D eigenvalue weighted by molar-refractivity contribution is 0.267. The number of guanidine groups is 1. The van der Waals surface area contributed by atoms with E-state index < -0.39 is 0 Å². The largest absolute Gasteiger partial charge is 0.493 e. The Morgan fingerprint density at radius 1 is 1.18 bits per heavy atom. The molecular weight excluding hydrogens is 352 g/mol. The minimum atomic E-state index is -0.120. The summed E-state index contributed by atoms with van der Waals surface area (Å²) in [7, 11) is 3.33. The molecule has 0 spiro atoms. The zero-order valence-corrected chi connectivity index (χ0v) is 18.5. The lowest BCUT2D eigenvalue weighted by Gasteiger charge is -2.26. The summed E-state index contributed by atoms with van der Waals surface area (Å²) < 4.78 is 10.8. The Labute approximate surface area is 170 Å². The van der Waals surface area contributed by atoms with Gasteiger partial charge in [-0.1, -0.05) is 26.8 Å². The molecule has 0 amide bonds. The Morgan fingerprint density at radius 3 is 2.57 bits per heavy atom. The maximum Gasteiger partial charge on any atom is 0.191 e. The van der Waals surface area contributed by atoms with Gasteiger partial charge in [0, 0.05) is 24.5 Å². The minimum Gasteiger partial charge on any atom is -0.493 e. The van der Waals surface area contributed by atoms with Gasteiger partial charge in [0.25, 0.3) is 0 Å². The molecule has 0 saturated carbocycles. The molecule has 1 aliphatic rings. The first kappa shape index (κ1) is 22.3. The molecule has 2 N–H and O–H groups in total. The summed E-state index contributed by atoms with van der Waals surface area (Å²) in [6.07, 6.45) is 2.55. The average molecular weight is 391 g/mol. The summed E-state index contributed by atoms with van der Waals surface area (Å²) >= 11 is 0. The van der Waals surface area contributed by atoms with Crippen molar-refractivity contribution in [3.63, 3.8) is 0 Å². The standard InChI is InChI=1S/C22H38N4O2/c1-7-23-21(24-15-18-10-9-13-26(18)8-2)25-16-22(3,4)17-11-12-19(27-5)20(14-17)28-6/h11-12,14,18H,7-10,13,15-16H2,1-6H3,(H2,23,24,25). The minimum absolute atomic E-state index is 0.120. The number of rotatable bonds is 9. The van der Waals surface area contributed by atoms with Crippen molar-refractivity contribution in [2.75, 3.05) is 46.9 Å². The maximum absolute atomic E-state index is 5.46. The molecule has 0 aliphatic carbocycles. The first-order chi connectivity index (χ1) is 13.4. The maximum atomic E-state index is 5.46. The van der Waals surface area contributed by atoms with Crippen LogP contribution in [-0.4, -0.2) is 63.8 Å². The number of hydrogen-bond donors (Lipinski definition) is 2. The molecule has 1 aromatic carbocycles. The van der Waals surface area contributed by atoms with Gasteiger partial charge in [-0.25, -0.2) is 0 Å². The zero-order valence-electron chi connectivity index (χ0n) is 18.5. The number of hydrogen-bond acceptors (Lipinski definition) is 4. The van der Waals surface area contributed by atoms with E-state index in [4.69, 9.17) is 14.5 Å². The van der Waals surface area contributed by atoms with Gasteiger partial charge in [0.2, 0.25) is 0 Å². The number of methoxy groups -OCH3 is 2. The summed E-state index contributed by atoms with van der Waals surface area (Å²) in [4.78, 5) is 7.42. The van der Waals surface area contributed by atoms with Crippen LogP contribution < -0.4 is 20.1 Å². The molecule has 2 rings (SSSR count). The van der Waals surface area contributed by atoms with E-state index in [1.165, 1.54) is 24.9 Å². The molecule has 1 saturated heterocycles. The highest BCUT2D eigenvalue weighted by Gasteiger charge is 2.24. The van der Waals surface area contributed by atoms with Crippen LogP contribution in [0.4, 0.5) is 0 Å². The van der Waals surface area contributed by atoms with Gasteiger partial charge in [-0.3, -0.25) is 9.89 Å². The smallest absolute Gasteiger partial charge is 0.191 e. The second-order valence-corrected chi connectivity index (χ2v) is 7.95. The van der Waals surface area contributed by atoms with E-state index >= 15 is 0 Å². The first-order valence-corrected chi connectivity index (χ1v) is 10.4. The van der Waals surface area contributed by atoms with Crippen LogP contribution in [0.25, 0.3) is 0 Å². The van der Waals surface area contributed by atoms with E-state index in [-0.39, 0.29) is 5.41 Å². The molecule has 1 fully saturated rings. The number of likely N-dealkylation sites (N-methyl/N-ethyl adjacent to an activating group) is 1. The van der Waals surface area contributed by atoms with Crippen molar-refractivity contribution in [1.29, 1.82) is 0 Å². The van der Waals surface area contributed by atoms with E-state index in [1.807, 2.05) is 12.1 Å². The molecule has 0 bridgehead atoms. The highest BCUT2D eigenvalue weighted by molar-refractivity contribution is 5.79. The van der Waals surface area contributed by atoms with Gasteiger partial charge >= 0.3 is 0 Å². The van der Waals surface area contributed by atoms with Crippen LogP contribution in [0.5, 0.6) is 11.5 Å². The summed E-state index contributed by atoms with van der Waals surface area (Å²) in [6, 6.07) is 6.71. The number of aliphatic imine (C=N–C) groups is 1. The first-order valence-electron chi connectivity index (χ1n) is 10.4. The van der Waals surface area contributed by atoms with Crippen LogP contribution in [0.1, 0.15) is 46.1 Å². The summed E-state index contributed by atoms with van der Waals surface area (Å²) in [5, 5.41) is 6.92. The molecular formula is C22H38N4O2. The summed E-state index contributed by atoms with van der Waals surface area (Å²) in [6.45, 7) is 13.6. The van der Waals surface area contributed by atoms with Crippen LogP contribution in [0.2, 0.25) is 0 Å². The second-order valence-electron chi connectivity index (χ2n) is 7.95. The summed E-state index contributed by atoms with van der Waals surface area (Å²) in [5.74, 6) is 2.39. The average Bonchev–Trinajstić information content (AvgIpc) is 3.17. The third-order valence-electron chi connectivity index (χ3n) is 5.55. The Balaban J connectivity index is 2.05. The van der Waals surface area contributed by atoms with Crippen molar-refractivity contribution < 1.29 is 9.47 Å². The molecule has 0 radical (unpaired) electrons. The van der Waals surface area contributed by atoms with Crippen molar-refractivity contribution in [3.8, 4) is 11.5 Å². The molecule has 6 nitrogen and oxygen atoms in total. The number of benzene rings is 1. The van der Waals surface area contributed by atoms with Gasteiger partial charge in [-0.05, 0) is 50.6 Å². The predicted molar refractivity (Wildman–Crippen MR) is 117 cm³/mol. The molecule has 158 valence electrons. The molecule has 0 aromatic heterocycles. The van der Waals surface area contributed by atoms with Crippen LogP contribution in [0, 0.1) is 0 Å². The lowest BCUT2D eigenvalue weighted by atomic mass is 9.84. The molecule has 1 heterocycles. The fraction of sp³-hybridized carbons (Fsp3) is 0.682. The third-order valence-corrected chi connectivity index (χ3v) is 5.55. The van der Waals surface area contributed by atoms with E-state index in [9.17, 15) is 0 Å². The van der Waals surface area contributed by atoms with Crippen LogP contribution in [0.3, 0.4) is 0 Å². The Hall–Kier alpha value is -1.95. The van der Waals surface area contributed by atoms with Crippen molar-refractivity contribution in [1.82, 2.24) is 15.5 Å². The summed E-state index contributed by atoms with van der Waals surface area (Å²) in [5.41, 5.74) is 1.06. The zero-order chi connectivity index (χ0) is 20.6. The van der Waals surface area contributed by atoms with Crippen molar-refractivity contribution in [2.45, 2.75) is 52.0 Å². The molecule has 1 aliphatic heterocycles. The Kier molecular flexibility index (Phi) is 8.42. The van der Waals surface area contributed by atoms with Crippen molar-refractivity contribution in [3.05, 3.63) is 23.8 Å². The van der Waals surface area contributed by atoms with Gasteiger partial charge < -0.3 is 20.1 Å². The van der Waals surface area contributed by atoms with E-state index in [1.54, 1.807) is 14.2 Å². The number of likely N-dealkylation sites (tertiary alicyclic amines) is 1. The van der Waals surface area contributed by atoms with Crippen LogP contribution >= 0.6 is 0 Å². The number of nitrogens with one attached hydrogen (secondary N) is 2. The van der Waals surface area contributed by atoms with Gasteiger partial charge in [0.1, 0.15) is 0 Å². The lowest BCUT2D eigenvalue weighted by Crippen LogP contribution is -2.45. The van der Waals surface area contributed by atoms with E-state index in [0.717, 1.165) is 37.1 Å². The van der Waals surface area contributed by atoms with E-state index in [0.29, 0.717) is 12.6 Å². The molecule has 28 heavy (non-hydrogen) atoms. The van der Waals surface area contributed by atoms with Crippen molar-refractivity contribution >= 4 is 5.96 Å². The Bertz CT molecular complexity index is 645. The van der Waals surface area contributed by atoms with Crippen molar-refractivity contribution in [2.24, 2.45) is 4.99 Å². The van der Waals surface area contributed by atoms with Gasteiger partial charge in [0.15, 0.2) is 17.5 Å². The highest BCUT2D eigenvalue weighted by Crippen LogP contribution is 2.33. The molecule has 1 aromatic rings. The second kappa shape index (κ2) is 10.6. The van der Waals surface area contributed by atoms with Gasteiger partial charge in [-0.2, -0.15) is 0 Å². The highest BCUT2D eigenvalue weighted by atomic mass is 16.5. The fourth-order valence-electron chi connectivity index (χ4n) is 3.72. The van der Waals surface area contributed by atoms with Gasteiger partial charge in [-0.15, -0.1) is 0 Å². The fourth-order valence-corrected chi connectivity index (χ4v) is 3.72. The van der Waals surface area contributed by atoms with Crippen LogP contribution in [-0.2, 0) is 5.41 Å². The SMILES string of the molecule is CCNC(=NCC(C)(C)c1ccc(OC)c(OC)c1)NCC1CCCN1CC. The molecule has 1 unspecified atom stereocenters. The molecule has 6 heteroatoms. The topological polar surface area (TPSA) is 58.1 Å². The third kappa shape index (κ3) is 5.77. The van der Waals surface area contributed by atoms with Gasteiger partial charge in [0.05, 0.1) is 20.8 Å². The number of ether oxygens (including phenoxy) is 2. The number of nitrogens with zero attached hydrogens (tertiary/aromatic N) is 2. The predicted octanol–water partition coefficient (Wildman–Crippen LogP) is 3.02. The quantitative estimate of drug-likeness (QED) is 0.501. The normalized spacial score (nSPS) is 18.2.